The number of carbonyl (C=O) groups excluding carboxylic acids is 1. The van der Waals surface area contributed by atoms with Gasteiger partial charge in [-0.3, -0.25) is 4.79 Å². The van der Waals surface area contributed by atoms with Gasteiger partial charge in [-0.05, 0) is 32.6 Å². The molecule has 1 aliphatic carbocycles. The van der Waals surface area contributed by atoms with Crippen molar-refractivity contribution in [2.24, 2.45) is 5.92 Å². The summed E-state index contributed by atoms with van der Waals surface area (Å²) in [6, 6.07) is 0.473. The minimum Gasteiger partial charge on any atom is -0.353 e. The first-order chi connectivity index (χ1) is 8.72. The smallest absolute Gasteiger partial charge is 0.223 e. The number of anilines is 1. The van der Waals surface area contributed by atoms with Crippen LogP contribution in [0.15, 0.2) is 0 Å². The predicted molar refractivity (Wildman–Crippen MR) is 70.7 cm³/mol. The summed E-state index contributed by atoms with van der Waals surface area (Å²) in [7, 11) is 0. The van der Waals surface area contributed by atoms with Crippen molar-refractivity contribution in [2.75, 3.05) is 18.0 Å². The molecule has 1 aromatic heterocycles. The van der Waals surface area contributed by atoms with Crippen molar-refractivity contribution in [1.82, 2.24) is 14.7 Å². The normalized spacial score (nSPS) is 21.1. The van der Waals surface area contributed by atoms with E-state index in [4.69, 9.17) is 0 Å². The monoisotopic (exact) mass is 266 g/mol. The van der Waals surface area contributed by atoms with Crippen LogP contribution < -0.4 is 10.2 Å². The van der Waals surface area contributed by atoms with E-state index in [0.29, 0.717) is 6.04 Å². The van der Waals surface area contributed by atoms with Gasteiger partial charge in [-0.1, -0.05) is 0 Å². The van der Waals surface area contributed by atoms with Crippen LogP contribution in [0.5, 0.6) is 0 Å². The molecule has 1 amide bonds. The van der Waals surface area contributed by atoms with Gasteiger partial charge in [0, 0.05) is 36.6 Å². The lowest BCUT2D eigenvalue weighted by Crippen LogP contribution is -2.41. The zero-order valence-electron chi connectivity index (χ0n) is 10.6. The third-order valence-electron chi connectivity index (χ3n) is 3.58. The van der Waals surface area contributed by atoms with Gasteiger partial charge < -0.3 is 10.2 Å². The lowest BCUT2D eigenvalue weighted by Gasteiger charge is -2.30. The van der Waals surface area contributed by atoms with Crippen molar-refractivity contribution in [1.29, 1.82) is 0 Å². The molecular weight excluding hydrogens is 248 g/mol. The van der Waals surface area contributed by atoms with Gasteiger partial charge in [0.15, 0.2) is 0 Å². The summed E-state index contributed by atoms with van der Waals surface area (Å²) >= 11 is 1.45. The second-order valence-electron chi connectivity index (χ2n) is 5.17. The molecule has 0 bridgehead atoms. The molecule has 1 aliphatic heterocycles. The molecule has 0 atom stereocenters. The van der Waals surface area contributed by atoms with E-state index < -0.39 is 0 Å². The standard InChI is InChI=1S/C12H18N4OS/c1-8-13-12(18-15-8)16-6-4-9(5-7-16)11(17)14-10-2-3-10/h9-10H,2-7H2,1H3,(H,14,17). The molecule has 0 unspecified atom stereocenters. The van der Waals surface area contributed by atoms with Gasteiger partial charge in [0.2, 0.25) is 11.0 Å². The number of aryl methyl sites for hydroxylation is 1. The van der Waals surface area contributed by atoms with Crippen LogP contribution in [0.4, 0.5) is 5.13 Å². The average Bonchev–Trinajstić information content (AvgIpc) is 3.09. The fraction of sp³-hybridized carbons (Fsp3) is 0.750. The molecule has 98 valence electrons. The quantitative estimate of drug-likeness (QED) is 0.897. The average molecular weight is 266 g/mol. The SMILES string of the molecule is Cc1nsc(N2CCC(C(=O)NC3CC3)CC2)n1. The Morgan fingerprint density at radius 3 is 2.61 bits per heavy atom. The largest absolute Gasteiger partial charge is 0.353 e. The Kier molecular flexibility index (Phi) is 3.20. The number of nitrogens with one attached hydrogen (secondary N) is 1. The van der Waals surface area contributed by atoms with Crippen LogP contribution >= 0.6 is 11.5 Å². The number of aromatic nitrogens is 2. The van der Waals surface area contributed by atoms with Crippen LogP contribution in [0.3, 0.4) is 0 Å². The second-order valence-corrected chi connectivity index (χ2v) is 5.90. The summed E-state index contributed by atoms with van der Waals surface area (Å²) in [6.45, 7) is 3.74. The molecule has 2 fully saturated rings. The zero-order chi connectivity index (χ0) is 12.5. The van der Waals surface area contributed by atoms with Crippen molar-refractivity contribution in [3.8, 4) is 0 Å². The van der Waals surface area contributed by atoms with Crippen molar-refractivity contribution in [3.05, 3.63) is 5.82 Å². The number of carbonyl (C=O) groups is 1. The van der Waals surface area contributed by atoms with E-state index in [1.54, 1.807) is 0 Å². The van der Waals surface area contributed by atoms with E-state index in [-0.39, 0.29) is 11.8 Å². The summed E-state index contributed by atoms with van der Waals surface area (Å²) in [5.41, 5.74) is 0. The predicted octanol–water partition coefficient (Wildman–Crippen LogP) is 1.34. The van der Waals surface area contributed by atoms with Gasteiger partial charge in [-0.25, -0.2) is 4.98 Å². The fourth-order valence-electron chi connectivity index (χ4n) is 2.29. The van der Waals surface area contributed by atoms with Crippen LogP contribution in [0.25, 0.3) is 0 Å². The molecule has 0 radical (unpaired) electrons. The Morgan fingerprint density at radius 1 is 1.33 bits per heavy atom. The number of piperidine rings is 1. The fourth-order valence-corrected chi connectivity index (χ4v) is 3.02. The van der Waals surface area contributed by atoms with Crippen molar-refractivity contribution in [3.63, 3.8) is 0 Å². The summed E-state index contributed by atoms with van der Waals surface area (Å²) in [5.74, 6) is 1.28. The zero-order valence-corrected chi connectivity index (χ0v) is 11.4. The molecule has 2 heterocycles. The number of hydrogen-bond donors (Lipinski definition) is 1. The molecule has 0 spiro atoms. The molecule has 0 aromatic carbocycles. The Balaban J connectivity index is 1.52. The topological polar surface area (TPSA) is 58.1 Å². The maximum Gasteiger partial charge on any atom is 0.223 e. The highest BCUT2D eigenvalue weighted by atomic mass is 32.1. The number of rotatable bonds is 3. The number of hydrogen-bond acceptors (Lipinski definition) is 5. The molecule has 1 saturated heterocycles. The first-order valence-corrected chi connectivity index (χ1v) is 7.35. The molecule has 1 saturated carbocycles. The summed E-state index contributed by atoms with van der Waals surface area (Å²) in [4.78, 5) is 18.6. The molecule has 1 aromatic rings. The van der Waals surface area contributed by atoms with Gasteiger partial charge in [-0.2, -0.15) is 4.37 Å². The third kappa shape index (κ3) is 2.63. The maximum absolute atomic E-state index is 11.9. The van der Waals surface area contributed by atoms with Crippen LogP contribution in [-0.2, 0) is 4.79 Å². The van der Waals surface area contributed by atoms with E-state index in [2.05, 4.69) is 19.6 Å². The highest BCUT2D eigenvalue weighted by Gasteiger charge is 2.30. The first kappa shape index (κ1) is 11.9. The molecule has 5 nitrogen and oxygen atoms in total. The molecule has 3 rings (SSSR count). The molecule has 6 heteroatoms. The van der Waals surface area contributed by atoms with Crippen molar-refractivity contribution >= 4 is 22.6 Å². The molecule has 18 heavy (non-hydrogen) atoms. The first-order valence-electron chi connectivity index (χ1n) is 6.58. The van der Waals surface area contributed by atoms with E-state index >= 15 is 0 Å². The van der Waals surface area contributed by atoms with Gasteiger partial charge in [0.1, 0.15) is 5.82 Å². The van der Waals surface area contributed by atoms with Gasteiger partial charge in [0.05, 0.1) is 0 Å². The van der Waals surface area contributed by atoms with E-state index in [9.17, 15) is 4.79 Å². The van der Waals surface area contributed by atoms with E-state index in [0.717, 1.165) is 49.7 Å². The highest BCUT2D eigenvalue weighted by Crippen LogP contribution is 2.26. The summed E-state index contributed by atoms with van der Waals surface area (Å²) < 4.78 is 4.20. The van der Waals surface area contributed by atoms with Crippen molar-refractivity contribution in [2.45, 2.75) is 38.6 Å². The van der Waals surface area contributed by atoms with Crippen LogP contribution in [-0.4, -0.2) is 34.4 Å². The van der Waals surface area contributed by atoms with E-state index in [1.807, 2.05) is 6.92 Å². The maximum atomic E-state index is 11.9. The van der Waals surface area contributed by atoms with Gasteiger partial charge in [-0.15, -0.1) is 0 Å². The number of amides is 1. The second kappa shape index (κ2) is 4.84. The van der Waals surface area contributed by atoms with Crippen LogP contribution in [0.1, 0.15) is 31.5 Å². The lowest BCUT2D eigenvalue weighted by molar-refractivity contribution is -0.125. The van der Waals surface area contributed by atoms with Gasteiger partial charge >= 0.3 is 0 Å². The Morgan fingerprint density at radius 2 is 2.06 bits per heavy atom. The minimum absolute atomic E-state index is 0.191. The van der Waals surface area contributed by atoms with Gasteiger partial charge in [0.25, 0.3) is 0 Å². The molecule has 1 N–H and O–H groups in total. The van der Waals surface area contributed by atoms with Crippen LogP contribution in [0, 0.1) is 12.8 Å². The highest BCUT2D eigenvalue weighted by molar-refractivity contribution is 7.09. The molecular formula is C12H18N4OS. The Bertz CT molecular complexity index is 435. The summed E-state index contributed by atoms with van der Waals surface area (Å²) in [6.07, 6.45) is 4.18. The van der Waals surface area contributed by atoms with Crippen LogP contribution in [0.2, 0.25) is 0 Å². The minimum atomic E-state index is 0.191. The summed E-state index contributed by atoms with van der Waals surface area (Å²) in [5, 5.41) is 4.09. The van der Waals surface area contributed by atoms with Crippen molar-refractivity contribution < 1.29 is 4.79 Å². The van der Waals surface area contributed by atoms with E-state index in [1.165, 1.54) is 11.5 Å². The lowest BCUT2D eigenvalue weighted by atomic mass is 9.96. The number of nitrogens with zero attached hydrogens (tertiary/aromatic N) is 3. The molecule has 2 aliphatic rings. The Labute approximate surface area is 111 Å². The Hall–Kier alpha value is -1.17. The third-order valence-corrected chi connectivity index (χ3v) is 4.45.